The Balaban J connectivity index is 2.47. The first-order valence-corrected chi connectivity index (χ1v) is 8.79. The van der Waals surface area contributed by atoms with E-state index in [1.165, 1.54) is 0 Å². The predicted octanol–water partition coefficient (Wildman–Crippen LogP) is 6.22. The summed E-state index contributed by atoms with van der Waals surface area (Å²) in [6.07, 6.45) is -4.61. The number of alkyl halides is 3. The van der Waals surface area contributed by atoms with Crippen molar-refractivity contribution in [3.05, 3.63) is 57.7 Å². The van der Waals surface area contributed by atoms with Crippen molar-refractivity contribution in [1.82, 2.24) is 4.98 Å². The van der Waals surface area contributed by atoms with Crippen molar-refractivity contribution < 1.29 is 13.2 Å². The van der Waals surface area contributed by atoms with Gasteiger partial charge in [0.15, 0.2) is 0 Å². The van der Waals surface area contributed by atoms with Crippen LogP contribution in [0.3, 0.4) is 0 Å². The molecule has 0 saturated carbocycles. The highest BCUT2D eigenvalue weighted by Crippen LogP contribution is 2.38. The molecule has 2 rings (SSSR count). The van der Waals surface area contributed by atoms with Crippen molar-refractivity contribution in [2.45, 2.75) is 43.1 Å². The first kappa shape index (κ1) is 19.6. The van der Waals surface area contributed by atoms with Gasteiger partial charge >= 0.3 is 6.18 Å². The number of hydrogen-bond acceptors (Lipinski definition) is 3. The molecular formula is C18H16ClF3N2S. The maximum absolute atomic E-state index is 13.4. The molecule has 0 unspecified atom stereocenters. The predicted molar refractivity (Wildman–Crippen MR) is 93.7 cm³/mol. The lowest BCUT2D eigenvalue weighted by Gasteiger charge is -2.21. The largest absolute Gasteiger partial charge is 0.417 e. The van der Waals surface area contributed by atoms with E-state index in [2.05, 4.69) is 4.98 Å². The summed E-state index contributed by atoms with van der Waals surface area (Å²) in [5, 5.41) is 9.95. The van der Waals surface area contributed by atoms with Gasteiger partial charge in [0, 0.05) is 21.9 Å². The van der Waals surface area contributed by atoms with Crippen molar-refractivity contribution in [3.8, 4) is 6.07 Å². The van der Waals surface area contributed by atoms with Crippen LogP contribution < -0.4 is 0 Å². The lowest BCUT2D eigenvalue weighted by atomic mass is 9.90. The zero-order valence-corrected chi connectivity index (χ0v) is 15.5. The summed E-state index contributed by atoms with van der Waals surface area (Å²) in [7, 11) is 0. The van der Waals surface area contributed by atoms with E-state index in [1.807, 2.05) is 0 Å². The van der Waals surface area contributed by atoms with Gasteiger partial charge in [-0.25, -0.2) is 4.98 Å². The molecule has 7 heteroatoms. The Labute approximate surface area is 154 Å². The van der Waals surface area contributed by atoms with Crippen LogP contribution in [0.4, 0.5) is 13.2 Å². The Morgan fingerprint density at radius 1 is 1.16 bits per heavy atom. The quantitative estimate of drug-likeness (QED) is 0.590. The molecule has 0 atom stereocenters. The fraction of sp³-hybridized carbons (Fsp3) is 0.333. The number of nitriles is 1. The van der Waals surface area contributed by atoms with E-state index in [0.717, 1.165) is 23.4 Å². The number of aromatic nitrogens is 1. The summed E-state index contributed by atoms with van der Waals surface area (Å²) < 4.78 is 40.2. The first-order valence-electron chi connectivity index (χ1n) is 7.42. The van der Waals surface area contributed by atoms with E-state index in [9.17, 15) is 18.4 Å². The zero-order valence-electron chi connectivity index (χ0n) is 13.9. The highest BCUT2D eigenvalue weighted by atomic mass is 35.5. The molecule has 0 N–H and O–H groups in total. The van der Waals surface area contributed by atoms with E-state index >= 15 is 0 Å². The number of benzene rings is 1. The molecule has 1 aromatic heterocycles. The summed E-state index contributed by atoms with van der Waals surface area (Å²) in [5.41, 5.74) is -0.746. The van der Waals surface area contributed by atoms with Gasteiger partial charge in [-0.15, -0.1) is 11.8 Å². The number of thioether (sulfide) groups is 1. The Hall–Kier alpha value is -1.71. The molecule has 0 aliphatic carbocycles. The molecule has 0 amide bonds. The third-order valence-corrected chi connectivity index (χ3v) is 4.76. The van der Waals surface area contributed by atoms with Crippen LogP contribution in [-0.4, -0.2) is 4.98 Å². The minimum absolute atomic E-state index is 0.0946. The summed E-state index contributed by atoms with van der Waals surface area (Å²) in [6.45, 7) is 5.36. The van der Waals surface area contributed by atoms with Crippen LogP contribution in [0.2, 0.25) is 5.02 Å². The summed E-state index contributed by atoms with van der Waals surface area (Å²) in [6, 6.07) is 9.65. The fourth-order valence-electron chi connectivity index (χ4n) is 2.07. The summed E-state index contributed by atoms with van der Waals surface area (Å²) in [5.74, 6) is 0.393. The maximum atomic E-state index is 13.4. The Morgan fingerprint density at radius 3 is 2.24 bits per heavy atom. The molecule has 0 aliphatic rings. The van der Waals surface area contributed by atoms with E-state index in [-0.39, 0.29) is 5.03 Å². The fourth-order valence-corrected chi connectivity index (χ4v) is 3.16. The average molecular weight is 385 g/mol. The van der Waals surface area contributed by atoms with Gasteiger partial charge in [-0.1, -0.05) is 44.5 Å². The molecular weight excluding hydrogens is 369 g/mol. The molecule has 0 saturated heterocycles. The van der Waals surface area contributed by atoms with Crippen LogP contribution in [-0.2, 0) is 17.3 Å². The average Bonchev–Trinajstić information content (AvgIpc) is 2.51. The summed E-state index contributed by atoms with van der Waals surface area (Å²) in [4.78, 5) is 4.34. The molecule has 25 heavy (non-hydrogen) atoms. The zero-order chi connectivity index (χ0) is 18.8. The molecule has 2 nitrogen and oxygen atoms in total. The minimum Gasteiger partial charge on any atom is -0.245 e. The second-order valence-electron chi connectivity index (χ2n) is 6.51. The van der Waals surface area contributed by atoms with E-state index in [0.29, 0.717) is 16.5 Å². The number of rotatable bonds is 3. The van der Waals surface area contributed by atoms with E-state index < -0.39 is 22.7 Å². The van der Waals surface area contributed by atoms with E-state index in [1.54, 1.807) is 51.1 Å². The third-order valence-electron chi connectivity index (χ3n) is 3.46. The highest BCUT2D eigenvalue weighted by molar-refractivity contribution is 7.98. The SMILES string of the molecule is CC(C)(C)c1cc(C(F)(F)F)c(C#N)c(SCc2ccc(Cl)cc2)n1. The number of pyridine rings is 1. The Bertz CT molecular complexity index is 803. The standard InChI is InChI=1S/C18H16ClF3N2S/c1-17(2,3)15-8-14(18(20,21)22)13(9-23)16(24-15)25-10-11-4-6-12(19)7-5-11/h4-8H,10H2,1-3H3. The molecule has 0 spiro atoms. The number of halogens is 4. The molecule has 1 aromatic carbocycles. The monoisotopic (exact) mass is 384 g/mol. The normalized spacial score (nSPS) is 12.1. The second-order valence-corrected chi connectivity index (χ2v) is 7.91. The molecule has 2 aromatic rings. The number of nitrogens with zero attached hydrogens (tertiary/aromatic N) is 2. The van der Waals surface area contributed by atoms with Crippen LogP contribution >= 0.6 is 23.4 Å². The first-order chi connectivity index (χ1) is 11.5. The Morgan fingerprint density at radius 2 is 1.76 bits per heavy atom. The molecule has 0 fully saturated rings. The van der Waals surface area contributed by atoms with Crippen LogP contribution in [0.5, 0.6) is 0 Å². The van der Waals surface area contributed by atoms with Crippen molar-refractivity contribution in [1.29, 1.82) is 5.26 Å². The lowest BCUT2D eigenvalue weighted by molar-refractivity contribution is -0.138. The van der Waals surface area contributed by atoms with Crippen molar-refractivity contribution in [3.63, 3.8) is 0 Å². The maximum Gasteiger partial charge on any atom is 0.417 e. The smallest absolute Gasteiger partial charge is 0.245 e. The van der Waals surface area contributed by atoms with Gasteiger partial charge < -0.3 is 0 Å². The van der Waals surface area contributed by atoms with Gasteiger partial charge in [0.1, 0.15) is 11.1 Å². The van der Waals surface area contributed by atoms with E-state index in [4.69, 9.17) is 11.6 Å². The second kappa shape index (κ2) is 7.27. The third kappa shape index (κ3) is 4.90. The highest BCUT2D eigenvalue weighted by Gasteiger charge is 2.37. The van der Waals surface area contributed by atoms with Gasteiger partial charge in [-0.05, 0) is 23.8 Å². The van der Waals surface area contributed by atoms with Crippen molar-refractivity contribution >= 4 is 23.4 Å². The van der Waals surface area contributed by atoms with Gasteiger partial charge in [0.25, 0.3) is 0 Å². The topological polar surface area (TPSA) is 36.7 Å². The van der Waals surface area contributed by atoms with Gasteiger partial charge in [0.05, 0.1) is 11.1 Å². The van der Waals surface area contributed by atoms with Crippen molar-refractivity contribution in [2.24, 2.45) is 0 Å². The molecule has 132 valence electrons. The summed E-state index contributed by atoms with van der Waals surface area (Å²) >= 11 is 6.95. The minimum atomic E-state index is -4.61. The van der Waals surface area contributed by atoms with Gasteiger partial charge in [-0.3, -0.25) is 0 Å². The lowest BCUT2D eigenvalue weighted by Crippen LogP contribution is -2.18. The van der Waals surface area contributed by atoms with Crippen LogP contribution in [0.15, 0.2) is 35.4 Å². The van der Waals surface area contributed by atoms with Crippen molar-refractivity contribution in [2.75, 3.05) is 0 Å². The van der Waals surface area contributed by atoms with Gasteiger partial charge in [0.2, 0.25) is 0 Å². The molecule has 0 aliphatic heterocycles. The van der Waals surface area contributed by atoms with Crippen LogP contribution in [0.25, 0.3) is 0 Å². The number of hydrogen-bond donors (Lipinski definition) is 0. The van der Waals surface area contributed by atoms with Crippen LogP contribution in [0, 0.1) is 11.3 Å². The molecule has 0 radical (unpaired) electrons. The Kier molecular flexibility index (Phi) is 5.70. The molecule has 1 heterocycles. The van der Waals surface area contributed by atoms with Gasteiger partial charge in [-0.2, -0.15) is 18.4 Å². The molecule has 0 bridgehead atoms. The van der Waals surface area contributed by atoms with Crippen LogP contribution in [0.1, 0.15) is 43.2 Å².